The normalized spacial score (nSPS) is 27.9. The monoisotopic (exact) mass is 261 g/mol. The smallest absolute Gasteiger partial charge is 0.226 e. The van der Waals surface area contributed by atoms with Crippen molar-refractivity contribution in [3.63, 3.8) is 0 Å². The molecule has 0 saturated heterocycles. The standard InChI is InChI=1S/C14H19N3O2/c1-9-13(17-19-16-9)8-14(18)15-5-4-12-7-10-2-3-11(12)6-10/h2-3,10-12H,4-8H2,1H3,(H,15,18)/t10-,11+,12-/m1/s1. The molecule has 5 heteroatoms. The average Bonchev–Trinajstić information content (AvgIpc) is 3.07. The molecule has 3 rings (SSSR count). The third kappa shape index (κ3) is 2.69. The number of rotatable bonds is 5. The molecule has 0 aliphatic heterocycles. The Balaban J connectivity index is 1.39. The molecule has 1 aromatic heterocycles. The summed E-state index contributed by atoms with van der Waals surface area (Å²) in [6.07, 6.45) is 8.65. The number of amides is 1. The van der Waals surface area contributed by atoms with Crippen molar-refractivity contribution in [2.24, 2.45) is 17.8 Å². The van der Waals surface area contributed by atoms with Gasteiger partial charge in [0.1, 0.15) is 11.4 Å². The highest BCUT2D eigenvalue weighted by Gasteiger charge is 2.34. The molecule has 2 aliphatic rings. The first-order valence-corrected chi connectivity index (χ1v) is 6.95. The minimum absolute atomic E-state index is 0.00232. The number of aryl methyl sites for hydroxylation is 1. The summed E-state index contributed by atoms with van der Waals surface area (Å²) in [7, 11) is 0. The van der Waals surface area contributed by atoms with Gasteiger partial charge in [-0.25, -0.2) is 4.63 Å². The molecule has 1 amide bonds. The molecular weight excluding hydrogens is 242 g/mol. The largest absolute Gasteiger partial charge is 0.356 e. The van der Waals surface area contributed by atoms with E-state index in [0.717, 1.165) is 30.7 Å². The Morgan fingerprint density at radius 3 is 2.95 bits per heavy atom. The van der Waals surface area contributed by atoms with E-state index in [0.29, 0.717) is 11.4 Å². The first kappa shape index (κ1) is 12.4. The summed E-state index contributed by atoms with van der Waals surface area (Å²) in [6, 6.07) is 0. The van der Waals surface area contributed by atoms with Crippen molar-refractivity contribution < 1.29 is 9.42 Å². The molecule has 1 fully saturated rings. The predicted octanol–water partition coefficient (Wildman–Crippen LogP) is 1.64. The summed E-state index contributed by atoms with van der Waals surface area (Å²) in [5.74, 6) is 2.31. The van der Waals surface area contributed by atoms with Crippen LogP contribution in [0, 0.1) is 24.7 Å². The van der Waals surface area contributed by atoms with Gasteiger partial charge in [0, 0.05) is 6.54 Å². The predicted molar refractivity (Wildman–Crippen MR) is 69.2 cm³/mol. The quantitative estimate of drug-likeness (QED) is 0.818. The van der Waals surface area contributed by atoms with E-state index in [9.17, 15) is 4.79 Å². The third-order valence-electron chi connectivity index (χ3n) is 4.33. The SMILES string of the molecule is Cc1nonc1CC(=O)NCC[C@@H]1C[C@@H]2C=C[C@H]1C2. The summed E-state index contributed by atoms with van der Waals surface area (Å²) in [4.78, 5) is 11.8. The lowest BCUT2D eigenvalue weighted by Crippen LogP contribution is -2.28. The van der Waals surface area contributed by atoms with Crippen LogP contribution in [0.4, 0.5) is 0 Å². The number of fused-ring (bicyclic) bond motifs is 2. The van der Waals surface area contributed by atoms with E-state index in [4.69, 9.17) is 0 Å². The Kier molecular flexibility index (Phi) is 3.36. The highest BCUT2D eigenvalue weighted by molar-refractivity contribution is 5.78. The summed E-state index contributed by atoms with van der Waals surface area (Å²) in [6.45, 7) is 2.55. The number of carbonyl (C=O) groups is 1. The molecule has 1 aromatic rings. The molecule has 0 unspecified atom stereocenters. The van der Waals surface area contributed by atoms with Gasteiger partial charge in [-0.05, 0) is 43.9 Å². The molecule has 1 heterocycles. The van der Waals surface area contributed by atoms with Gasteiger partial charge in [0.15, 0.2) is 0 Å². The van der Waals surface area contributed by atoms with Crippen LogP contribution < -0.4 is 5.32 Å². The lowest BCUT2D eigenvalue weighted by atomic mass is 9.91. The van der Waals surface area contributed by atoms with E-state index >= 15 is 0 Å². The van der Waals surface area contributed by atoms with Crippen molar-refractivity contribution in [1.82, 2.24) is 15.6 Å². The molecular formula is C14H19N3O2. The van der Waals surface area contributed by atoms with Crippen LogP contribution in [0.1, 0.15) is 30.7 Å². The number of allylic oxidation sites excluding steroid dienone is 2. The first-order chi connectivity index (χ1) is 9.22. The number of nitrogens with zero attached hydrogens (tertiary/aromatic N) is 2. The van der Waals surface area contributed by atoms with E-state index in [2.05, 4.69) is 32.4 Å². The van der Waals surface area contributed by atoms with E-state index in [1.807, 2.05) is 0 Å². The zero-order valence-corrected chi connectivity index (χ0v) is 11.1. The number of hydrogen-bond acceptors (Lipinski definition) is 4. The van der Waals surface area contributed by atoms with Gasteiger partial charge in [0.2, 0.25) is 5.91 Å². The van der Waals surface area contributed by atoms with Crippen LogP contribution in [0.15, 0.2) is 16.8 Å². The number of nitrogens with one attached hydrogen (secondary N) is 1. The van der Waals surface area contributed by atoms with Crippen LogP contribution in [-0.4, -0.2) is 22.8 Å². The molecule has 1 N–H and O–H groups in total. The maximum atomic E-state index is 11.8. The number of hydrogen-bond donors (Lipinski definition) is 1. The maximum Gasteiger partial charge on any atom is 0.226 e. The van der Waals surface area contributed by atoms with Crippen molar-refractivity contribution in [1.29, 1.82) is 0 Å². The molecule has 0 aromatic carbocycles. The fourth-order valence-corrected chi connectivity index (χ4v) is 3.25. The molecule has 19 heavy (non-hydrogen) atoms. The Hall–Kier alpha value is -1.65. The lowest BCUT2D eigenvalue weighted by Gasteiger charge is -2.17. The van der Waals surface area contributed by atoms with Gasteiger partial charge < -0.3 is 5.32 Å². The fraction of sp³-hybridized carbons (Fsp3) is 0.643. The zero-order valence-electron chi connectivity index (χ0n) is 11.1. The maximum absolute atomic E-state index is 11.8. The second-order valence-corrected chi connectivity index (χ2v) is 5.65. The minimum Gasteiger partial charge on any atom is -0.356 e. The zero-order chi connectivity index (χ0) is 13.2. The van der Waals surface area contributed by atoms with Gasteiger partial charge in [-0.15, -0.1) is 0 Å². The Labute approximate surface area is 112 Å². The molecule has 5 nitrogen and oxygen atoms in total. The Bertz CT molecular complexity index is 495. The van der Waals surface area contributed by atoms with E-state index < -0.39 is 0 Å². The lowest BCUT2D eigenvalue weighted by molar-refractivity contribution is -0.120. The van der Waals surface area contributed by atoms with Gasteiger partial charge in [0.25, 0.3) is 0 Å². The van der Waals surface area contributed by atoms with Crippen molar-refractivity contribution in [3.05, 3.63) is 23.5 Å². The van der Waals surface area contributed by atoms with E-state index in [1.165, 1.54) is 12.8 Å². The van der Waals surface area contributed by atoms with Gasteiger partial charge in [-0.1, -0.05) is 22.5 Å². The van der Waals surface area contributed by atoms with Crippen LogP contribution >= 0.6 is 0 Å². The highest BCUT2D eigenvalue weighted by Crippen LogP contribution is 2.44. The first-order valence-electron chi connectivity index (χ1n) is 6.95. The molecule has 102 valence electrons. The summed E-state index contributed by atoms with van der Waals surface area (Å²) in [5, 5.41) is 10.3. The van der Waals surface area contributed by atoms with Crippen LogP contribution in [-0.2, 0) is 11.2 Å². The number of aromatic nitrogens is 2. The van der Waals surface area contributed by atoms with Crippen LogP contribution in [0.5, 0.6) is 0 Å². The van der Waals surface area contributed by atoms with E-state index in [1.54, 1.807) is 6.92 Å². The van der Waals surface area contributed by atoms with Crippen molar-refractivity contribution >= 4 is 5.91 Å². The van der Waals surface area contributed by atoms with Crippen molar-refractivity contribution in [2.45, 2.75) is 32.6 Å². The molecule has 1 saturated carbocycles. The Morgan fingerprint density at radius 1 is 1.42 bits per heavy atom. The van der Waals surface area contributed by atoms with Crippen LogP contribution in [0.3, 0.4) is 0 Å². The van der Waals surface area contributed by atoms with Crippen LogP contribution in [0.25, 0.3) is 0 Å². The molecule has 3 atom stereocenters. The summed E-state index contributed by atoms with van der Waals surface area (Å²) < 4.78 is 4.58. The summed E-state index contributed by atoms with van der Waals surface area (Å²) in [5.41, 5.74) is 1.31. The Morgan fingerprint density at radius 2 is 2.32 bits per heavy atom. The van der Waals surface area contributed by atoms with Crippen LogP contribution in [0.2, 0.25) is 0 Å². The molecule has 0 spiro atoms. The van der Waals surface area contributed by atoms with Gasteiger partial charge in [-0.2, -0.15) is 0 Å². The van der Waals surface area contributed by atoms with Gasteiger partial charge >= 0.3 is 0 Å². The van der Waals surface area contributed by atoms with Crippen molar-refractivity contribution in [3.8, 4) is 0 Å². The second kappa shape index (κ2) is 5.15. The van der Waals surface area contributed by atoms with Gasteiger partial charge in [-0.3, -0.25) is 4.79 Å². The fourth-order valence-electron chi connectivity index (χ4n) is 3.25. The average molecular weight is 261 g/mol. The third-order valence-corrected chi connectivity index (χ3v) is 4.33. The van der Waals surface area contributed by atoms with Crippen molar-refractivity contribution in [2.75, 3.05) is 6.54 Å². The molecule has 0 radical (unpaired) electrons. The van der Waals surface area contributed by atoms with Gasteiger partial charge in [0.05, 0.1) is 6.42 Å². The summed E-state index contributed by atoms with van der Waals surface area (Å²) >= 11 is 0. The molecule has 2 bridgehead atoms. The second-order valence-electron chi connectivity index (χ2n) is 5.65. The topological polar surface area (TPSA) is 68.0 Å². The minimum atomic E-state index is -0.00232. The van der Waals surface area contributed by atoms with E-state index in [-0.39, 0.29) is 12.3 Å². The number of carbonyl (C=O) groups excluding carboxylic acids is 1. The highest BCUT2D eigenvalue weighted by atomic mass is 16.6. The molecule has 2 aliphatic carbocycles.